The molecule has 0 saturated carbocycles. The molecule has 3 N–H and O–H groups in total. The predicted octanol–water partition coefficient (Wildman–Crippen LogP) is 1.76. The molecule has 6 nitrogen and oxygen atoms in total. The van der Waals surface area contributed by atoms with Gasteiger partial charge in [0.25, 0.3) is 5.91 Å². The van der Waals surface area contributed by atoms with Gasteiger partial charge >= 0.3 is 0 Å². The minimum atomic E-state index is -0.299. The van der Waals surface area contributed by atoms with Crippen LogP contribution in [0.1, 0.15) is 40.7 Å². The quantitative estimate of drug-likeness (QED) is 0.592. The molecule has 1 heterocycles. The minimum Gasteiger partial charge on any atom is -0.508 e. The zero-order valence-electron chi connectivity index (χ0n) is 11.7. The molecule has 0 spiro atoms. The number of rotatable bonds is 3. The Hall–Kier alpha value is -2.63. The number of hydrazone groups is 1. The van der Waals surface area contributed by atoms with Gasteiger partial charge in [0.1, 0.15) is 5.75 Å². The molecule has 0 aliphatic heterocycles. The van der Waals surface area contributed by atoms with Gasteiger partial charge in [0.2, 0.25) is 0 Å². The first-order valence-electron chi connectivity index (χ1n) is 6.85. The summed E-state index contributed by atoms with van der Waals surface area (Å²) in [5, 5.41) is 20.3. The van der Waals surface area contributed by atoms with Gasteiger partial charge in [0.05, 0.1) is 5.71 Å². The fraction of sp³-hybridized carbons (Fsp3) is 0.267. The summed E-state index contributed by atoms with van der Waals surface area (Å²) in [7, 11) is 0. The molecule has 1 aromatic heterocycles. The third-order valence-electron chi connectivity index (χ3n) is 3.63. The summed E-state index contributed by atoms with van der Waals surface area (Å²) in [6, 6.07) is 6.65. The van der Waals surface area contributed by atoms with Crippen LogP contribution in [0.4, 0.5) is 0 Å². The number of benzene rings is 1. The van der Waals surface area contributed by atoms with Gasteiger partial charge in [-0.15, -0.1) is 0 Å². The van der Waals surface area contributed by atoms with Crippen LogP contribution in [-0.2, 0) is 12.8 Å². The second kappa shape index (κ2) is 5.40. The third-order valence-corrected chi connectivity index (χ3v) is 3.63. The van der Waals surface area contributed by atoms with Crippen LogP contribution in [0.15, 0.2) is 29.4 Å². The fourth-order valence-electron chi connectivity index (χ4n) is 2.46. The van der Waals surface area contributed by atoms with Gasteiger partial charge in [0.15, 0.2) is 5.69 Å². The number of aromatic hydroxyl groups is 1. The Morgan fingerprint density at radius 2 is 2.10 bits per heavy atom. The molecule has 6 heteroatoms. The van der Waals surface area contributed by atoms with Crippen molar-refractivity contribution in [1.29, 1.82) is 0 Å². The van der Waals surface area contributed by atoms with E-state index < -0.39 is 0 Å². The highest BCUT2D eigenvalue weighted by atomic mass is 16.3. The second-order valence-electron chi connectivity index (χ2n) is 5.07. The lowest BCUT2D eigenvalue weighted by Gasteiger charge is -2.02. The van der Waals surface area contributed by atoms with Crippen LogP contribution in [0.25, 0.3) is 0 Å². The van der Waals surface area contributed by atoms with Crippen molar-refractivity contribution < 1.29 is 9.90 Å². The minimum absolute atomic E-state index is 0.197. The number of aryl methyl sites for hydroxylation is 1. The number of fused-ring (bicyclic) bond motifs is 1. The van der Waals surface area contributed by atoms with Crippen LogP contribution in [0.5, 0.6) is 5.75 Å². The number of aromatic nitrogens is 2. The Labute approximate surface area is 121 Å². The van der Waals surface area contributed by atoms with Crippen molar-refractivity contribution in [2.24, 2.45) is 5.10 Å². The van der Waals surface area contributed by atoms with Gasteiger partial charge in [-0.3, -0.25) is 9.89 Å². The number of phenols is 1. The van der Waals surface area contributed by atoms with E-state index in [0.29, 0.717) is 11.4 Å². The monoisotopic (exact) mass is 284 g/mol. The lowest BCUT2D eigenvalue weighted by atomic mass is 10.1. The molecule has 0 fully saturated rings. The predicted molar refractivity (Wildman–Crippen MR) is 78.4 cm³/mol. The van der Waals surface area contributed by atoms with E-state index in [4.69, 9.17) is 0 Å². The topological polar surface area (TPSA) is 90.4 Å². The summed E-state index contributed by atoms with van der Waals surface area (Å²) in [5.41, 5.74) is 6.52. The van der Waals surface area contributed by atoms with Crippen molar-refractivity contribution in [2.75, 3.05) is 0 Å². The first-order valence-corrected chi connectivity index (χ1v) is 6.85. The lowest BCUT2D eigenvalue weighted by Crippen LogP contribution is -2.21. The number of phenolic OH excluding ortho intramolecular Hbond substituents is 1. The van der Waals surface area contributed by atoms with E-state index in [1.165, 1.54) is 0 Å². The van der Waals surface area contributed by atoms with Crippen LogP contribution in [-0.4, -0.2) is 26.9 Å². The molecule has 108 valence electrons. The summed E-state index contributed by atoms with van der Waals surface area (Å²) >= 11 is 0. The maximum atomic E-state index is 12.1. The average Bonchev–Trinajstić information content (AvgIpc) is 3.08. The molecule has 1 aliphatic carbocycles. The summed E-state index contributed by atoms with van der Waals surface area (Å²) in [5.74, 6) is -0.102. The van der Waals surface area contributed by atoms with E-state index in [-0.39, 0.29) is 11.7 Å². The third kappa shape index (κ3) is 2.65. The zero-order valence-corrected chi connectivity index (χ0v) is 11.7. The highest BCUT2D eigenvalue weighted by molar-refractivity contribution is 6.00. The number of H-pyrrole nitrogens is 1. The maximum absolute atomic E-state index is 12.1. The van der Waals surface area contributed by atoms with Gasteiger partial charge in [-0.1, -0.05) is 0 Å². The van der Waals surface area contributed by atoms with Crippen LogP contribution < -0.4 is 5.43 Å². The lowest BCUT2D eigenvalue weighted by molar-refractivity contribution is 0.0949. The van der Waals surface area contributed by atoms with Crippen LogP contribution in [0.3, 0.4) is 0 Å². The Morgan fingerprint density at radius 1 is 1.33 bits per heavy atom. The van der Waals surface area contributed by atoms with Crippen molar-refractivity contribution in [3.05, 3.63) is 46.8 Å². The van der Waals surface area contributed by atoms with E-state index in [1.807, 2.05) is 0 Å². The molecule has 1 aliphatic rings. The molecule has 0 radical (unpaired) electrons. The van der Waals surface area contributed by atoms with Gasteiger partial charge < -0.3 is 5.11 Å². The molecule has 21 heavy (non-hydrogen) atoms. The van der Waals surface area contributed by atoms with Crippen molar-refractivity contribution in [3.63, 3.8) is 0 Å². The molecular formula is C15H16N4O2. The largest absolute Gasteiger partial charge is 0.508 e. The van der Waals surface area contributed by atoms with Crippen molar-refractivity contribution in [2.45, 2.75) is 26.2 Å². The van der Waals surface area contributed by atoms with Crippen molar-refractivity contribution >= 4 is 11.6 Å². The van der Waals surface area contributed by atoms with Gasteiger partial charge in [-0.2, -0.15) is 10.2 Å². The van der Waals surface area contributed by atoms with Gasteiger partial charge in [-0.05, 0) is 56.0 Å². The van der Waals surface area contributed by atoms with E-state index in [1.54, 1.807) is 31.2 Å². The van der Waals surface area contributed by atoms with Gasteiger partial charge in [-0.25, -0.2) is 5.43 Å². The number of hydrogen-bond donors (Lipinski definition) is 3. The molecule has 2 aromatic rings. The number of hydrogen-bond acceptors (Lipinski definition) is 4. The van der Waals surface area contributed by atoms with Crippen molar-refractivity contribution in [3.8, 4) is 5.75 Å². The Morgan fingerprint density at radius 3 is 2.86 bits per heavy atom. The number of carbonyl (C=O) groups is 1. The van der Waals surface area contributed by atoms with E-state index in [9.17, 15) is 9.90 Å². The molecule has 0 saturated heterocycles. The first-order chi connectivity index (χ1) is 10.1. The molecule has 0 bridgehead atoms. The molecule has 1 aromatic carbocycles. The summed E-state index contributed by atoms with van der Waals surface area (Å²) in [4.78, 5) is 12.1. The standard InChI is InChI=1S/C15H16N4O2/c1-9(10-5-7-11(20)8-6-10)16-19-15(21)14-12-3-2-4-13(12)17-18-14/h5-8,20H,2-4H2,1H3,(H,17,18)(H,19,21)/b16-9+. The zero-order chi connectivity index (χ0) is 14.8. The van der Waals surface area contributed by atoms with Crippen LogP contribution in [0.2, 0.25) is 0 Å². The van der Waals surface area contributed by atoms with Crippen LogP contribution >= 0.6 is 0 Å². The van der Waals surface area contributed by atoms with Gasteiger partial charge in [0, 0.05) is 11.3 Å². The smallest absolute Gasteiger partial charge is 0.292 e. The number of aromatic amines is 1. The van der Waals surface area contributed by atoms with Crippen LogP contribution in [0, 0.1) is 0 Å². The molecule has 0 unspecified atom stereocenters. The Balaban J connectivity index is 1.72. The molecule has 0 atom stereocenters. The number of carbonyl (C=O) groups excluding carboxylic acids is 1. The first kappa shape index (κ1) is 13.4. The van der Waals surface area contributed by atoms with E-state index >= 15 is 0 Å². The highest BCUT2D eigenvalue weighted by Gasteiger charge is 2.22. The normalized spacial score (nSPS) is 14.0. The number of amides is 1. The Kier molecular flexibility index (Phi) is 3.43. The van der Waals surface area contributed by atoms with Crippen molar-refractivity contribution in [1.82, 2.24) is 15.6 Å². The molecular weight excluding hydrogens is 268 g/mol. The summed E-state index contributed by atoms with van der Waals surface area (Å²) < 4.78 is 0. The SMILES string of the molecule is C/C(=N\NC(=O)c1n[nH]c2c1CCC2)c1ccc(O)cc1. The average molecular weight is 284 g/mol. The maximum Gasteiger partial charge on any atom is 0.292 e. The number of nitrogens with one attached hydrogen (secondary N) is 2. The number of nitrogens with zero attached hydrogens (tertiary/aromatic N) is 2. The highest BCUT2D eigenvalue weighted by Crippen LogP contribution is 2.22. The molecule has 1 amide bonds. The summed E-state index contributed by atoms with van der Waals surface area (Å²) in [6.45, 7) is 1.79. The summed E-state index contributed by atoms with van der Waals surface area (Å²) in [6.07, 6.45) is 2.89. The van der Waals surface area contributed by atoms with E-state index in [0.717, 1.165) is 36.1 Å². The Bertz CT molecular complexity index is 701. The fourth-order valence-corrected chi connectivity index (χ4v) is 2.46. The molecule has 3 rings (SSSR count). The van der Waals surface area contributed by atoms with E-state index in [2.05, 4.69) is 20.7 Å². The second-order valence-corrected chi connectivity index (χ2v) is 5.07.